The molecule has 10 heteroatoms. The lowest BCUT2D eigenvalue weighted by atomic mass is 10.2. The Morgan fingerprint density at radius 3 is 2.50 bits per heavy atom. The van der Waals surface area contributed by atoms with Gasteiger partial charge in [0.15, 0.2) is 0 Å². The van der Waals surface area contributed by atoms with Gasteiger partial charge in [0.05, 0.1) is 17.0 Å². The number of anilines is 1. The number of carbonyl (C=O) groups excluding carboxylic acids is 1. The third-order valence-electron chi connectivity index (χ3n) is 3.65. The highest BCUT2D eigenvalue weighted by Crippen LogP contribution is 2.30. The first-order valence-electron chi connectivity index (χ1n) is 8.19. The number of nitrogens with zero attached hydrogens (tertiary/aromatic N) is 1. The van der Waals surface area contributed by atoms with Crippen LogP contribution in [0.15, 0.2) is 42.5 Å². The molecule has 0 aliphatic rings. The van der Waals surface area contributed by atoms with Crippen LogP contribution in [0.4, 0.5) is 5.69 Å². The van der Waals surface area contributed by atoms with Crippen molar-refractivity contribution in [3.8, 4) is 0 Å². The van der Waals surface area contributed by atoms with E-state index in [-0.39, 0.29) is 17.3 Å². The Labute approximate surface area is 184 Å². The van der Waals surface area contributed by atoms with Crippen molar-refractivity contribution < 1.29 is 13.2 Å². The van der Waals surface area contributed by atoms with E-state index in [0.717, 1.165) is 21.9 Å². The van der Waals surface area contributed by atoms with Crippen LogP contribution in [0.2, 0.25) is 15.1 Å². The van der Waals surface area contributed by atoms with E-state index in [1.54, 1.807) is 17.8 Å². The smallest absolute Gasteiger partial charge is 0.240 e. The summed E-state index contributed by atoms with van der Waals surface area (Å²) >= 11 is 19.7. The summed E-state index contributed by atoms with van der Waals surface area (Å²) in [7, 11) is -3.72. The highest BCUT2D eigenvalue weighted by Gasteiger charge is 2.23. The fourth-order valence-electron chi connectivity index (χ4n) is 2.30. The van der Waals surface area contributed by atoms with Crippen LogP contribution < -0.4 is 9.62 Å². The van der Waals surface area contributed by atoms with Gasteiger partial charge in [0.2, 0.25) is 15.9 Å². The fourth-order valence-corrected chi connectivity index (χ4v) is 4.74. The van der Waals surface area contributed by atoms with Crippen molar-refractivity contribution in [3.05, 3.63) is 63.1 Å². The number of halogens is 3. The van der Waals surface area contributed by atoms with Gasteiger partial charge in [-0.25, -0.2) is 8.42 Å². The molecule has 2 aromatic rings. The third kappa shape index (κ3) is 7.04. The molecule has 0 aliphatic carbocycles. The second-order valence-corrected chi connectivity index (χ2v) is 10.1. The summed E-state index contributed by atoms with van der Waals surface area (Å²) in [4.78, 5) is 12.2. The van der Waals surface area contributed by atoms with Crippen LogP contribution in [-0.2, 0) is 20.6 Å². The second kappa shape index (κ2) is 10.6. The number of nitrogens with one attached hydrogen (secondary N) is 1. The lowest BCUT2D eigenvalue weighted by Crippen LogP contribution is -2.41. The molecular weight excluding hydrogens is 463 g/mol. The standard InChI is InChI=1S/C18H19Cl3N2O3S2/c1-28(25,26)23(17-10-14(19)6-7-16(17)21)11-18(24)22-8-9-27-12-13-4-2-3-5-15(13)20/h2-7,10H,8-9,11-12H2,1H3,(H,22,24). The average Bonchev–Trinajstić information content (AvgIpc) is 2.62. The molecule has 0 fully saturated rings. The highest BCUT2D eigenvalue weighted by atomic mass is 35.5. The van der Waals surface area contributed by atoms with E-state index in [9.17, 15) is 13.2 Å². The van der Waals surface area contributed by atoms with Gasteiger partial charge in [0.25, 0.3) is 0 Å². The highest BCUT2D eigenvalue weighted by molar-refractivity contribution is 7.98. The zero-order valence-electron chi connectivity index (χ0n) is 15.0. The van der Waals surface area contributed by atoms with E-state index in [1.807, 2.05) is 24.3 Å². The first-order valence-corrected chi connectivity index (χ1v) is 12.3. The Hall–Kier alpha value is -1.12. The summed E-state index contributed by atoms with van der Waals surface area (Å²) in [6, 6.07) is 12.0. The van der Waals surface area contributed by atoms with Crippen molar-refractivity contribution in [1.29, 1.82) is 0 Å². The molecule has 0 radical (unpaired) electrons. The van der Waals surface area contributed by atoms with Crippen molar-refractivity contribution in [2.24, 2.45) is 0 Å². The minimum Gasteiger partial charge on any atom is -0.354 e. The van der Waals surface area contributed by atoms with E-state index in [0.29, 0.717) is 22.3 Å². The molecule has 2 aromatic carbocycles. The number of rotatable bonds is 9. The fraction of sp³-hybridized carbons (Fsp3) is 0.278. The van der Waals surface area contributed by atoms with Gasteiger partial charge in [-0.3, -0.25) is 9.10 Å². The van der Waals surface area contributed by atoms with Crippen LogP contribution in [0.1, 0.15) is 5.56 Å². The maximum Gasteiger partial charge on any atom is 0.240 e. The quantitative estimate of drug-likeness (QED) is 0.537. The van der Waals surface area contributed by atoms with Gasteiger partial charge in [-0.05, 0) is 29.8 Å². The van der Waals surface area contributed by atoms with Crippen molar-refractivity contribution in [3.63, 3.8) is 0 Å². The van der Waals surface area contributed by atoms with Gasteiger partial charge in [0.1, 0.15) is 6.54 Å². The van der Waals surface area contributed by atoms with E-state index >= 15 is 0 Å². The molecule has 0 spiro atoms. The van der Waals surface area contributed by atoms with E-state index in [2.05, 4.69) is 5.32 Å². The summed E-state index contributed by atoms with van der Waals surface area (Å²) in [5, 5.41) is 3.94. The lowest BCUT2D eigenvalue weighted by molar-refractivity contribution is -0.119. The Bertz CT molecular complexity index is 939. The average molecular weight is 482 g/mol. The van der Waals surface area contributed by atoms with Gasteiger partial charge < -0.3 is 5.32 Å². The molecule has 0 bridgehead atoms. The van der Waals surface area contributed by atoms with Gasteiger partial charge in [-0.15, -0.1) is 0 Å². The second-order valence-electron chi connectivity index (χ2n) is 5.86. The maximum atomic E-state index is 12.2. The number of hydrogen-bond donors (Lipinski definition) is 1. The number of amides is 1. The van der Waals surface area contributed by atoms with Crippen molar-refractivity contribution >= 4 is 68.2 Å². The van der Waals surface area contributed by atoms with Gasteiger partial charge >= 0.3 is 0 Å². The van der Waals surface area contributed by atoms with Crippen molar-refractivity contribution in [2.75, 3.05) is 29.4 Å². The summed E-state index contributed by atoms with van der Waals surface area (Å²) in [6.07, 6.45) is 1.01. The number of hydrogen-bond acceptors (Lipinski definition) is 4. The summed E-state index contributed by atoms with van der Waals surface area (Å²) < 4.78 is 25.2. The van der Waals surface area contributed by atoms with Crippen molar-refractivity contribution in [2.45, 2.75) is 5.75 Å². The maximum absolute atomic E-state index is 12.2. The SMILES string of the molecule is CS(=O)(=O)N(CC(=O)NCCSCc1ccccc1Cl)c1cc(Cl)ccc1Cl. The summed E-state index contributed by atoms with van der Waals surface area (Å²) in [6.45, 7) is 0.0168. The molecule has 0 atom stereocenters. The predicted octanol–water partition coefficient (Wildman–Crippen LogP) is 4.46. The van der Waals surface area contributed by atoms with E-state index < -0.39 is 15.9 Å². The molecule has 1 amide bonds. The van der Waals surface area contributed by atoms with Crippen LogP contribution in [0, 0.1) is 0 Å². The Kier molecular flexibility index (Phi) is 8.77. The Morgan fingerprint density at radius 1 is 1.11 bits per heavy atom. The minimum absolute atomic E-state index is 0.167. The Morgan fingerprint density at radius 2 is 1.82 bits per heavy atom. The normalized spacial score (nSPS) is 11.3. The minimum atomic E-state index is -3.72. The van der Waals surface area contributed by atoms with E-state index in [1.165, 1.54) is 12.1 Å². The molecular formula is C18H19Cl3N2O3S2. The van der Waals surface area contributed by atoms with Crippen LogP contribution in [0.3, 0.4) is 0 Å². The van der Waals surface area contributed by atoms with Crippen LogP contribution in [0.25, 0.3) is 0 Å². The zero-order chi connectivity index (χ0) is 20.7. The molecule has 0 saturated carbocycles. The number of sulfonamides is 1. The molecule has 28 heavy (non-hydrogen) atoms. The number of benzene rings is 2. The largest absolute Gasteiger partial charge is 0.354 e. The van der Waals surface area contributed by atoms with Crippen molar-refractivity contribution in [1.82, 2.24) is 5.32 Å². The predicted molar refractivity (Wildman–Crippen MR) is 119 cm³/mol. The Balaban J connectivity index is 1.89. The third-order valence-corrected chi connectivity index (χ3v) is 6.71. The van der Waals surface area contributed by atoms with Gasteiger partial charge in [0, 0.05) is 28.1 Å². The van der Waals surface area contributed by atoms with Gasteiger partial charge in [-0.2, -0.15) is 11.8 Å². The first kappa shape index (κ1) is 23.2. The monoisotopic (exact) mass is 480 g/mol. The molecule has 0 aromatic heterocycles. The van der Waals surface area contributed by atoms with Crippen LogP contribution >= 0.6 is 46.6 Å². The molecule has 0 saturated heterocycles. The lowest BCUT2D eigenvalue weighted by Gasteiger charge is -2.23. The zero-order valence-corrected chi connectivity index (χ0v) is 18.9. The van der Waals surface area contributed by atoms with Gasteiger partial charge in [-0.1, -0.05) is 53.0 Å². The molecule has 1 N–H and O–H groups in total. The van der Waals surface area contributed by atoms with E-state index in [4.69, 9.17) is 34.8 Å². The molecule has 0 aliphatic heterocycles. The number of carbonyl (C=O) groups is 1. The molecule has 2 rings (SSSR count). The molecule has 152 valence electrons. The number of thioether (sulfide) groups is 1. The summed E-state index contributed by atoms with van der Waals surface area (Å²) in [5.41, 5.74) is 1.19. The topological polar surface area (TPSA) is 66.5 Å². The summed E-state index contributed by atoms with van der Waals surface area (Å²) in [5.74, 6) is 0.955. The first-order chi connectivity index (χ1) is 13.2. The van der Waals surface area contributed by atoms with Crippen LogP contribution in [-0.4, -0.2) is 39.4 Å². The molecule has 0 unspecified atom stereocenters. The molecule has 5 nitrogen and oxygen atoms in total. The van der Waals surface area contributed by atoms with Crippen LogP contribution in [0.5, 0.6) is 0 Å². The molecule has 0 heterocycles.